The van der Waals surface area contributed by atoms with Crippen molar-refractivity contribution >= 4 is 27.3 Å². The maximum absolute atomic E-state index is 13.4. The van der Waals surface area contributed by atoms with Crippen molar-refractivity contribution in [1.29, 1.82) is 0 Å². The molecule has 0 spiro atoms. The van der Waals surface area contributed by atoms with Crippen LogP contribution in [0.5, 0.6) is 0 Å². The summed E-state index contributed by atoms with van der Waals surface area (Å²) in [5.74, 6) is -1.12. The van der Waals surface area contributed by atoms with Crippen LogP contribution >= 0.6 is 27.3 Å². The van der Waals surface area contributed by atoms with Gasteiger partial charge in [-0.15, -0.1) is 11.3 Å². The van der Waals surface area contributed by atoms with Crippen LogP contribution in [0.4, 0.5) is 8.78 Å². The molecule has 0 aliphatic carbocycles. The van der Waals surface area contributed by atoms with E-state index in [-0.39, 0.29) is 6.04 Å². The lowest BCUT2D eigenvalue weighted by molar-refractivity contribution is 0.564. The van der Waals surface area contributed by atoms with Crippen LogP contribution < -0.4 is 5.73 Å². The summed E-state index contributed by atoms with van der Waals surface area (Å²) in [4.78, 5) is 0.973. The zero-order valence-electron chi connectivity index (χ0n) is 8.79. The molecule has 1 nitrogen and oxygen atoms in total. The first kappa shape index (κ1) is 12.7. The van der Waals surface area contributed by atoms with Gasteiger partial charge in [0.05, 0.1) is 0 Å². The average molecular weight is 318 g/mol. The standard InChI is InChI=1S/C12H10BrF2NS/c13-8-4-12(17-6-8)11(16)3-7-1-2-9(14)5-10(7)15/h1-2,4-6,11H,3,16H2. The van der Waals surface area contributed by atoms with Crippen molar-refractivity contribution in [3.05, 3.63) is 56.2 Å². The molecule has 2 N–H and O–H groups in total. The molecule has 0 bridgehead atoms. The van der Waals surface area contributed by atoms with Crippen LogP contribution in [0.15, 0.2) is 34.1 Å². The molecule has 0 amide bonds. The molecule has 0 saturated heterocycles. The molecule has 90 valence electrons. The highest BCUT2D eigenvalue weighted by Gasteiger charge is 2.12. The van der Waals surface area contributed by atoms with Crippen LogP contribution in [0.2, 0.25) is 0 Å². The first-order valence-corrected chi connectivity index (χ1v) is 6.67. The minimum absolute atomic E-state index is 0.272. The fraction of sp³-hybridized carbons (Fsp3) is 0.167. The highest BCUT2D eigenvalue weighted by molar-refractivity contribution is 9.10. The number of hydrogen-bond donors (Lipinski definition) is 1. The van der Waals surface area contributed by atoms with Crippen LogP contribution in [-0.2, 0) is 6.42 Å². The number of thiophene rings is 1. The predicted octanol–water partition coefficient (Wildman–Crippen LogP) is 4.03. The van der Waals surface area contributed by atoms with E-state index in [4.69, 9.17) is 5.73 Å². The van der Waals surface area contributed by atoms with Crippen molar-refractivity contribution in [1.82, 2.24) is 0 Å². The molecule has 5 heteroatoms. The third-order valence-electron chi connectivity index (χ3n) is 2.41. The Balaban J connectivity index is 2.15. The Kier molecular flexibility index (Phi) is 3.91. The molecule has 0 aliphatic heterocycles. The van der Waals surface area contributed by atoms with Gasteiger partial charge in [0.15, 0.2) is 0 Å². The van der Waals surface area contributed by atoms with E-state index < -0.39 is 11.6 Å². The number of hydrogen-bond acceptors (Lipinski definition) is 2. The lowest BCUT2D eigenvalue weighted by Crippen LogP contribution is -2.12. The van der Waals surface area contributed by atoms with Crippen LogP contribution in [0.3, 0.4) is 0 Å². The Labute approximate surface area is 110 Å². The molecule has 1 heterocycles. The van der Waals surface area contributed by atoms with Crippen molar-refractivity contribution in [3.8, 4) is 0 Å². The quantitative estimate of drug-likeness (QED) is 0.908. The number of rotatable bonds is 3. The molecule has 1 aromatic carbocycles. The highest BCUT2D eigenvalue weighted by Crippen LogP contribution is 2.27. The van der Waals surface area contributed by atoms with Gasteiger partial charge in [0.1, 0.15) is 11.6 Å². The fourth-order valence-electron chi connectivity index (χ4n) is 1.55. The van der Waals surface area contributed by atoms with E-state index in [1.54, 1.807) is 0 Å². The normalized spacial score (nSPS) is 12.7. The van der Waals surface area contributed by atoms with Gasteiger partial charge in [-0.3, -0.25) is 0 Å². The van der Waals surface area contributed by atoms with E-state index in [1.807, 2.05) is 11.4 Å². The minimum atomic E-state index is -0.571. The van der Waals surface area contributed by atoms with Gasteiger partial charge in [0, 0.05) is 26.8 Å². The van der Waals surface area contributed by atoms with Crippen molar-refractivity contribution < 1.29 is 8.78 Å². The molecule has 0 fully saturated rings. The molecule has 2 aromatic rings. The zero-order chi connectivity index (χ0) is 12.4. The minimum Gasteiger partial charge on any atom is -0.323 e. The molecule has 17 heavy (non-hydrogen) atoms. The van der Waals surface area contributed by atoms with Gasteiger partial charge in [-0.1, -0.05) is 6.07 Å². The molecule has 0 radical (unpaired) electrons. The Morgan fingerprint density at radius 3 is 2.65 bits per heavy atom. The Morgan fingerprint density at radius 2 is 2.06 bits per heavy atom. The molecule has 1 atom stereocenters. The number of nitrogens with two attached hydrogens (primary N) is 1. The van der Waals surface area contributed by atoms with Crippen molar-refractivity contribution in [2.45, 2.75) is 12.5 Å². The fourth-order valence-corrected chi connectivity index (χ4v) is 3.00. The second-order valence-corrected chi connectivity index (χ2v) is 5.57. The first-order valence-electron chi connectivity index (χ1n) is 4.99. The zero-order valence-corrected chi connectivity index (χ0v) is 11.2. The SMILES string of the molecule is NC(Cc1ccc(F)cc1F)c1cc(Br)cs1. The van der Waals surface area contributed by atoms with Gasteiger partial charge < -0.3 is 5.73 Å². The molecule has 1 unspecified atom stereocenters. The maximum Gasteiger partial charge on any atom is 0.129 e. The molecule has 0 saturated carbocycles. The van der Waals surface area contributed by atoms with Crippen LogP contribution in [0, 0.1) is 11.6 Å². The van der Waals surface area contributed by atoms with Gasteiger partial charge in [-0.05, 0) is 40.0 Å². The largest absolute Gasteiger partial charge is 0.323 e. The first-order chi connectivity index (χ1) is 8.06. The average Bonchev–Trinajstić information content (AvgIpc) is 2.69. The highest BCUT2D eigenvalue weighted by atomic mass is 79.9. The summed E-state index contributed by atoms with van der Waals surface area (Å²) < 4.78 is 27.1. The van der Waals surface area contributed by atoms with Crippen LogP contribution in [-0.4, -0.2) is 0 Å². The summed E-state index contributed by atoms with van der Waals surface area (Å²) in [6.45, 7) is 0. The topological polar surface area (TPSA) is 26.0 Å². The third kappa shape index (κ3) is 3.12. The maximum atomic E-state index is 13.4. The van der Waals surface area contributed by atoms with E-state index in [9.17, 15) is 8.78 Å². The van der Waals surface area contributed by atoms with Crippen molar-refractivity contribution in [2.24, 2.45) is 5.73 Å². The number of halogens is 3. The van der Waals surface area contributed by atoms with Gasteiger partial charge >= 0.3 is 0 Å². The van der Waals surface area contributed by atoms with Gasteiger partial charge in [-0.25, -0.2) is 8.78 Å². The molecular weight excluding hydrogens is 308 g/mol. The van der Waals surface area contributed by atoms with Gasteiger partial charge in [0.2, 0.25) is 0 Å². The van der Waals surface area contributed by atoms with Crippen LogP contribution in [0.1, 0.15) is 16.5 Å². The lowest BCUT2D eigenvalue weighted by atomic mass is 10.0. The van der Waals surface area contributed by atoms with Crippen molar-refractivity contribution in [3.63, 3.8) is 0 Å². The van der Waals surface area contributed by atoms with Crippen LogP contribution in [0.25, 0.3) is 0 Å². The van der Waals surface area contributed by atoms with Crippen molar-refractivity contribution in [2.75, 3.05) is 0 Å². The summed E-state index contributed by atoms with van der Waals surface area (Å²) in [6, 6.07) is 5.21. The van der Waals surface area contributed by atoms with E-state index >= 15 is 0 Å². The summed E-state index contributed by atoms with van der Waals surface area (Å²) in [5, 5.41) is 1.93. The summed E-state index contributed by atoms with van der Waals surface area (Å²) in [5.41, 5.74) is 6.41. The van der Waals surface area contributed by atoms with E-state index in [1.165, 1.54) is 23.5 Å². The summed E-state index contributed by atoms with van der Waals surface area (Å²) in [6.07, 6.45) is 0.360. The second-order valence-electron chi connectivity index (χ2n) is 3.71. The van der Waals surface area contributed by atoms with E-state index in [2.05, 4.69) is 15.9 Å². The number of benzene rings is 1. The Hall–Kier alpha value is -0.780. The van der Waals surface area contributed by atoms with Gasteiger partial charge in [0.25, 0.3) is 0 Å². The van der Waals surface area contributed by atoms with E-state index in [0.717, 1.165) is 15.4 Å². The molecular formula is C12H10BrF2NS. The van der Waals surface area contributed by atoms with E-state index in [0.29, 0.717) is 12.0 Å². The summed E-state index contributed by atoms with van der Waals surface area (Å²) >= 11 is 4.86. The summed E-state index contributed by atoms with van der Waals surface area (Å²) in [7, 11) is 0. The molecule has 1 aromatic heterocycles. The monoisotopic (exact) mass is 317 g/mol. The smallest absolute Gasteiger partial charge is 0.129 e. The third-order valence-corrected chi connectivity index (χ3v) is 4.23. The lowest BCUT2D eigenvalue weighted by Gasteiger charge is -2.10. The predicted molar refractivity (Wildman–Crippen MR) is 69.0 cm³/mol. The Bertz CT molecular complexity index is 527. The second kappa shape index (κ2) is 5.25. The molecule has 0 aliphatic rings. The molecule has 2 rings (SSSR count). The Morgan fingerprint density at radius 1 is 1.29 bits per heavy atom. The van der Waals surface area contributed by atoms with Gasteiger partial charge in [-0.2, -0.15) is 0 Å².